The van der Waals surface area contributed by atoms with E-state index in [9.17, 15) is 10.1 Å². The standard InChI is InChI=1S/C31H27Br2N3O2/c1-18-14-20(17-38-22-12-10-21(32)11-13-22)19(2)23(15-18)29-24(16-34)31(35)36(26-7-4-3-6-25(26)33)27-8-5-9-28(37)30(27)29/h3-4,6-7,10-15,29H,5,8-9,17,35H2,1-2H3. The van der Waals surface area contributed by atoms with Crippen molar-refractivity contribution in [3.05, 3.63) is 115 Å². The number of anilines is 1. The lowest BCUT2D eigenvalue weighted by molar-refractivity contribution is -0.116. The van der Waals surface area contributed by atoms with E-state index in [1.165, 1.54) is 0 Å². The number of nitrogens with zero attached hydrogens (tertiary/aromatic N) is 2. The van der Waals surface area contributed by atoms with Crippen molar-refractivity contribution in [2.24, 2.45) is 5.73 Å². The average Bonchev–Trinajstić information content (AvgIpc) is 2.90. The number of aryl methyl sites for hydroxylation is 1. The lowest BCUT2D eigenvalue weighted by atomic mass is 9.73. The molecule has 1 aliphatic carbocycles. The van der Waals surface area contributed by atoms with Crippen LogP contribution >= 0.6 is 31.9 Å². The highest BCUT2D eigenvalue weighted by Gasteiger charge is 2.41. The number of rotatable bonds is 5. The molecule has 0 saturated carbocycles. The number of nitriles is 1. The van der Waals surface area contributed by atoms with Crippen molar-refractivity contribution in [3.63, 3.8) is 0 Å². The van der Waals surface area contributed by atoms with Crippen LogP contribution in [-0.2, 0) is 11.4 Å². The molecule has 0 aromatic heterocycles. The highest BCUT2D eigenvalue weighted by molar-refractivity contribution is 9.10. The summed E-state index contributed by atoms with van der Waals surface area (Å²) in [7, 11) is 0. The van der Waals surface area contributed by atoms with E-state index in [-0.39, 0.29) is 5.78 Å². The summed E-state index contributed by atoms with van der Waals surface area (Å²) in [6.07, 6.45) is 1.92. The van der Waals surface area contributed by atoms with Crippen molar-refractivity contribution in [2.45, 2.75) is 45.6 Å². The van der Waals surface area contributed by atoms with Gasteiger partial charge in [-0.15, -0.1) is 0 Å². The molecule has 1 unspecified atom stereocenters. The number of halogens is 2. The maximum Gasteiger partial charge on any atom is 0.161 e. The van der Waals surface area contributed by atoms with Crippen molar-refractivity contribution in [2.75, 3.05) is 4.90 Å². The molecule has 2 N–H and O–H groups in total. The topological polar surface area (TPSA) is 79.3 Å². The first-order valence-corrected chi connectivity index (χ1v) is 14.1. The van der Waals surface area contributed by atoms with E-state index in [0.717, 1.165) is 54.8 Å². The predicted molar refractivity (Wildman–Crippen MR) is 156 cm³/mol. The number of benzene rings is 3. The smallest absolute Gasteiger partial charge is 0.161 e. The minimum Gasteiger partial charge on any atom is -0.489 e. The summed E-state index contributed by atoms with van der Waals surface area (Å²) in [5.41, 5.74) is 13.5. The molecule has 0 radical (unpaired) electrons. The quantitative estimate of drug-likeness (QED) is 0.312. The molecule has 5 rings (SSSR count). The summed E-state index contributed by atoms with van der Waals surface area (Å²) >= 11 is 7.09. The second-order valence-corrected chi connectivity index (χ2v) is 11.4. The van der Waals surface area contributed by atoms with Crippen molar-refractivity contribution in [3.8, 4) is 11.8 Å². The van der Waals surface area contributed by atoms with E-state index in [1.54, 1.807) is 0 Å². The Labute approximate surface area is 239 Å². The van der Waals surface area contributed by atoms with Crippen LogP contribution in [0, 0.1) is 25.2 Å². The molecule has 3 aromatic carbocycles. The van der Waals surface area contributed by atoms with Crippen LogP contribution in [-0.4, -0.2) is 5.78 Å². The van der Waals surface area contributed by atoms with Crippen LogP contribution < -0.4 is 15.4 Å². The molecule has 38 heavy (non-hydrogen) atoms. The number of hydrogen-bond donors (Lipinski definition) is 1. The third-order valence-electron chi connectivity index (χ3n) is 7.23. The third-order valence-corrected chi connectivity index (χ3v) is 8.42. The van der Waals surface area contributed by atoms with Crippen LogP contribution in [0.15, 0.2) is 92.3 Å². The van der Waals surface area contributed by atoms with Gasteiger partial charge in [0.15, 0.2) is 5.78 Å². The van der Waals surface area contributed by atoms with Gasteiger partial charge in [-0.3, -0.25) is 9.69 Å². The van der Waals surface area contributed by atoms with Crippen LogP contribution in [0.3, 0.4) is 0 Å². The minimum atomic E-state index is -0.520. The van der Waals surface area contributed by atoms with Gasteiger partial charge in [-0.05, 0) is 95.7 Å². The highest BCUT2D eigenvalue weighted by Crippen LogP contribution is 2.48. The molecule has 0 spiro atoms. The van der Waals surface area contributed by atoms with Gasteiger partial charge in [-0.2, -0.15) is 5.26 Å². The van der Waals surface area contributed by atoms with Crippen LogP contribution in [0.25, 0.3) is 0 Å². The van der Waals surface area contributed by atoms with Gasteiger partial charge in [-0.25, -0.2) is 0 Å². The molecule has 7 heteroatoms. The number of ketones is 1. The zero-order valence-electron chi connectivity index (χ0n) is 21.2. The van der Waals surface area contributed by atoms with Gasteiger partial charge in [-0.1, -0.05) is 45.8 Å². The SMILES string of the molecule is Cc1cc(COc2ccc(Br)cc2)c(C)c(C2C(C#N)=C(N)N(c3ccccc3Br)C3=C2C(=O)CCC3)c1. The van der Waals surface area contributed by atoms with Crippen molar-refractivity contribution in [1.82, 2.24) is 0 Å². The second kappa shape index (κ2) is 10.8. The lowest BCUT2D eigenvalue weighted by Gasteiger charge is -2.40. The molecule has 5 nitrogen and oxygen atoms in total. The fourth-order valence-electron chi connectivity index (χ4n) is 5.41. The molecule has 1 heterocycles. The molecule has 2 aliphatic rings. The van der Waals surface area contributed by atoms with E-state index >= 15 is 0 Å². The average molecular weight is 633 g/mol. The molecule has 0 fully saturated rings. The molecule has 1 aliphatic heterocycles. The minimum absolute atomic E-state index is 0.0714. The molecular formula is C31H27Br2N3O2. The first-order chi connectivity index (χ1) is 18.3. The number of carbonyl (C=O) groups excluding carboxylic acids is 1. The zero-order chi connectivity index (χ0) is 27.0. The molecule has 192 valence electrons. The summed E-state index contributed by atoms with van der Waals surface area (Å²) in [4.78, 5) is 15.5. The number of para-hydroxylation sites is 1. The maximum atomic E-state index is 13.6. The molecule has 3 aromatic rings. The Balaban J connectivity index is 1.64. The number of nitrogens with two attached hydrogens (primary N) is 1. The summed E-state index contributed by atoms with van der Waals surface area (Å²) in [5.74, 6) is 0.688. The Bertz CT molecular complexity index is 1530. The van der Waals surface area contributed by atoms with Crippen LogP contribution in [0.1, 0.15) is 47.4 Å². The van der Waals surface area contributed by atoms with E-state index < -0.39 is 5.92 Å². The number of carbonyl (C=O) groups is 1. The van der Waals surface area contributed by atoms with Gasteiger partial charge in [0.1, 0.15) is 18.2 Å². The molecule has 0 saturated heterocycles. The maximum absolute atomic E-state index is 13.6. The first-order valence-electron chi connectivity index (χ1n) is 12.5. The van der Waals surface area contributed by atoms with Gasteiger partial charge in [0, 0.05) is 26.6 Å². The Kier molecular flexibility index (Phi) is 7.47. The van der Waals surface area contributed by atoms with Gasteiger partial charge >= 0.3 is 0 Å². The van der Waals surface area contributed by atoms with E-state index in [2.05, 4.69) is 50.1 Å². The number of allylic oxidation sites excluding steroid dienone is 3. The Morgan fingerprint density at radius 3 is 2.53 bits per heavy atom. The normalized spacial score (nSPS) is 17.4. The van der Waals surface area contributed by atoms with Gasteiger partial charge in [0.05, 0.1) is 23.2 Å². The largest absolute Gasteiger partial charge is 0.489 e. The predicted octanol–water partition coefficient (Wildman–Crippen LogP) is 7.71. The van der Waals surface area contributed by atoms with Crippen molar-refractivity contribution < 1.29 is 9.53 Å². The zero-order valence-corrected chi connectivity index (χ0v) is 24.4. The lowest BCUT2D eigenvalue weighted by Crippen LogP contribution is -2.39. The Morgan fingerprint density at radius 1 is 1.08 bits per heavy atom. The molecule has 1 atom stereocenters. The third kappa shape index (κ3) is 4.79. The fourth-order valence-corrected chi connectivity index (χ4v) is 6.14. The summed E-state index contributed by atoms with van der Waals surface area (Å²) in [5, 5.41) is 10.4. The Morgan fingerprint density at radius 2 is 1.82 bits per heavy atom. The van der Waals surface area contributed by atoms with Gasteiger partial charge < -0.3 is 10.5 Å². The van der Waals surface area contributed by atoms with Gasteiger partial charge in [0.25, 0.3) is 0 Å². The van der Waals surface area contributed by atoms with E-state index in [0.29, 0.717) is 36.4 Å². The van der Waals surface area contributed by atoms with Crippen LogP contribution in [0.5, 0.6) is 5.75 Å². The van der Waals surface area contributed by atoms with Gasteiger partial charge in [0.2, 0.25) is 0 Å². The number of Topliss-reactive ketones (excluding diaryl/α,β-unsaturated/α-hetero) is 1. The second-order valence-electron chi connectivity index (χ2n) is 9.65. The number of ether oxygens (including phenoxy) is 1. The van der Waals surface area contributed by atoms with E-state index in [1.807, 2.05) is 67.3 Å². The number of hydrogen-bond acceptors (Lipinski definition) is 5. The van der Waals surface area contributed by atoms with Crippen molar-refractivity contribution in [1.29, 1.82) is 5.26 Å². The molecule has 0 bridgehead atoms. The fraction of sp³-hybridized carbons (Fsp3) is 0.226. The first kappa shape index (κ1) is 26.3. The summed E-state index contributed by atoms with van der Waals surface area (Å²) in [6.45, 7) is 4.44. The molecular weight excluding hydrogens is 606 g/mol. The summed E-state index contributed by atoms with van der Waals surface area (Å²) < 4.78 is 7.94. The highest BCUT2D eigenvalue weighted by atomic mass is 79.9. The van der Waals surface area contributed by atoms with Crippen LogP contribution in [0.4, 0.5) is 5.69 Å². The van der Waals surface area contributed by atoms with E-state index in [4.69, 9.17) is 10.5 Å². The van der Waals surface area contributed by atoms with Crippen molar-refractivity contribution >= 4 is 43.3 Å². The summed E-state index contributed by atoms with van der Waals surface area (Å²) in [6, 6.07) is 22.0. The Hall–Kier alpha value is -3.34. The monoisotopic (exact) mass is 631 g/mol. The van der Waals surface area contributed by atoms with Crippen LogP contribution in [0.2, 0.25) is 0 Å². The molecule has 0 amide bonds.